The molecule has 0 aromatic carbocycles. The van der Waals surface area contributed by atoms with Crippen LogP contribution in [0.1, 0.15) is 31.9 Å². The first-order valence-electron chi connectivity index (χ1n) is 8.53. The summed E-state index contributed by atoms with van der Waals surface area (Å²) in [7, 11) is 0. The molecule has 4 rings (SSSR count). The van der Waals surface area contributed by atoms with Crippen molar-refractivity contribution in [3.8, 4) is 5.88 Å². The first-order chi connectivity index (χ1) is 12.2. The number of ether oxygens (including phenoxy) is 3. The zero-order valence-electron chi connectivity index (χ0n) is 13.7. The molecular weight excluding hydrogens is 395 g/mol. The predicted octanol–water partition coefficient (Wildman–Crippen LogP) is 3.17. The minimum atomic E-state index is -0.418. The third kappa shape index (κ3) is 3.40. The van der Waals surface area contributed by atoms with Crippen LogP contribution >= 0.6 is 15.9 Å². The number of aliphatic hydroxyl groups is 1. The number of hydrogen-bond acceptors (Lipinski definition) is 5. The van der Waals surface area contributed by atoms with Crippen molar-refractivity contribution in [3.05, 3.63) is 22.6 Å². The van der Waals surface area contributed by atoms with Crippen LogP contribution in [-0.2, 0) is 9.47 Å². The van der Waals surface area contributed by atoms with Gasteiger partial charge in [0.25, 0.3) is 0 Å². The van der Waals surface area contributed by atoms with Crippen LogP contribution in [0.4, 0.5) is 4.39 Å². The minimum absolute atomic E-state index is 0.0195. The van der Waals surface area contributed by atoms with Crippen LogP contribution in [0.3, 0.4) is 0 Å². The molecule has 6 nitrogen and oxygen atoms in total. The molecule has 0 spiro atoms. The van der Waals surface area contributed by atoms with Gasteiger partial charge >= 0.3 is 0 Å². The van der Waals surface area contributed by atoms with Crippen LogP contribution < -0.4 is 4.74 Å². The third-order valence-electron chi connectivity index (χ3n) is 4.68. The lowest BCUT2D eigenvalue weighted by molar-refractivity contribution is -0.0350. The number of halogens is 2. The average Bonchev–Trinajstić information content (AvgIpc) is 3.20. The van der Waals surface area contributed by atoms with E-state index in [-0.39, 0.29) is 29.6 Å². The Morgan fingerprint density at radius 1 is 1.36 bits per heavy atom. The van der Waals surface area contributed by atoms with Gasteiger partial charge in [-0.3, -0.25) is 4.57 Å². The summed E-state index contributed by atoms with van der Waals surface area (Å²) < 4.78 is 33.6. The Morgan fingerprint density at radius 3 is 2.96 bits per heavy atom. The summed E-state index contributed by atoms with van der Waals surface area (Å²) in [6.07, 6.45) is 3.00. The first-order valence-corrected chi connectivity index (χ1v) is 9.32. The fraction of sp³-hybridized carbons (Fsp3) is 0.588. The number of pyridine rings is 1. The van der Waals surface area contributed by atoms with Crippen molar-refractivity contribution in [2.24, 2.45) is 0 Å². The summed E-state index contributed by atoms with van der Waals surface area (Å²) >= 11 is 3.14. The van der Waals surface area contributed by atoms with Crippen molar-refractivity contribution in [1.82, 2.24) is 9.55 Å². The van der Waals surface area contributed by atoms with Crippen LogP contribution in [0.5, 0.6) is 5.88 Å². The van der Waals surface area contributed by atoms with Crippen molar-refractivity contribution in [2.75, 3.05) is 19.8 Å². The van der Waals surface area contributed by atoms with Crippen molar-refractivity contribution >= 4 is 27.0 Å². The Hall–Kier alpha value is -1.22. The molecule has 25 heavy (non-hydrogen) atoms. The number of hydrogen-bond donors (Lipinski definition) is 1. The van der Waals surface area contributed by atoms with Crippen LogP contribution in [-0.4, -0.2) is 46.7 Å². The summed E-state index contributed by atoms with van der Waals surface area (Å²) in [4.78, 5) is 4.27. The molecule has 2 saturated heterocycles. The van der Waals surface area contributed by atoms with Gasteiger partial charge in [-0.25, -0.2) is 9.37 Å². The monoisotopic (exact) mass is 414 g/mol. The number of aliphatic hydroxyl groups excluding tert-OH is 1. The van der Waals surface area contributed by atoms with E-state index in [0.29, 0.717) is 36.5 Å². The van der Waals surface area contributed by atoms with Gasteiger partial charge in [0.1, 0.15) is 16.9 Å². The van der Waals surface area contributed by atoms with Crippen LogP contribution in [0.15, 0.2) is 16.7 Å². The Labute approximate surface area is 153 Å². The molecule has 4 heterocycles. The highest BCUT2D eigenvalue weighted by molar-refractivity contribution is 9.10. The Balaban J connectivity index is 1.71. The maximum absolute atomic E-state index is 14.1. The number of rotatable bonds is 4. The Morgan fingerprint density at radius 2 is 2.24 bits per heavy atom. The molecule has 136 valence electrons. The van der Waals surface area contributed by atoms with Crippen LogP contribution in [0.25, 0.3) is 11.0 Å². The fourth-order valence-corrected chi connectivity index (χ4v) is 3.75. The Kier molecular flexibility index (Phi) is 4.95. The van der Waals surface area contributed by atoms with Crippen molar-refractivity contribution in [3.63, 3.8) is 0 Å². The molecular formula is C17H20BrFN2O4. The molecule has 8 heteroatoms. The Bertz CT molecular complexity index is 763. The molecule has 0 radical (unpaired) electrons. The molecule has 1 unspecified atom stereocenters. The van der Waals surface area contributed by atoms with Gasteiger partial charge in [-0.15, -0.1) is 0 Å². The largest absolute Gasteiger partial charge is 0.473 e. The molecule has 2 aliphatic rings. The van der Waals surface area contributed by atoms with Gasteiger partial charge in [0, 0.05) is 25.2 Å². The highest BCUT2D eigenvalue weighted by Crippen LogP contribution is 2.36. The molecule has 2 aliphatic heterocycles. The van der Waals surface area contributed by atoms with Gasteiger partial charge in [-0.2, -0.15) is 0 Å². The number of aromatic nitrogens is 2. The maximum Gasteiger partial charge on any atom is 0.198 e. The predicted molar refractivity (Wildman–Crippen MR) is 92.1 cm³/mol. The SMILES string of the molecule is OC[C@@H]1C[C@H](Oc2cc3nc(Br)c(F)cc3n2C2CCCCO2)CO1. The lowest BCUT2D eigenvalue weighted by Crippen LogP contribution is -2.23. The van der Waals surface area contributed by atoms with Gasteiger partial charge < -0.3 is 19.3 Å². The van der Waals surface area contributed by atoms with E-state index in [1.807, 2.05) is 10.6 Å². The summed E-state index contributed by atoms with van der Waals surface area (Å²) in [6, 6.07) is 3.27. The fourth-order valence-electron chi connectivity index (χ4n) is 3.44. The molecule has 2 aromatic rings. The second kappa shape index (κ2) is 7.19. The first kappa shape index (κ1) is 17.2. The van der Waals surface area contributed by atoms with Crippen molar-refractivity contribution in [2.45, 2.75) is 44.1 Å². The van der Waals surface area contributed by atoms with Gasteiger partial charge in [-0.05, 0) is 35.2 Å². The molecule has 0 bridgehead atoms. The zero-order valence-corrected chi connectivity index (χ0v) is 15.2. The molecule has 3 atom stereocenters. The highest BCUT2D eigenvalue weighted by atomic mass is 79.9. The molecule has 2 aromatic heterocycles. The van der Waals surface area contributed by atoms with E-state index in [1.54, 1.807) is 0 Å². The van der Waals surface area contributed by atoms with E-state index in [1.165, 1.54) is 6.07 Å². The van der Waals surface area contributed by atoms with E-state index >= 15 is 0 Å². The van der Waals surface area contributed by atoms with Crippen LogP contribution in [0, 0.1) is 5.82 Å². The van der Waals surface area contributed by atoms with Crippen molar-refractivity contribution in [1.29, 1.82) is 0 Å². The van der Waals surface area contributed by atoms with E-state index < -0.39 is 5.82 Å². The second-order valence-electron chi connectivity index (χ2n) is 6.45. The summed E-state index contributed by atoms with van der Waals surface area (Å²) in [5.74, 6) is 0.179. The average molecular weight is 415 g/mol. The zero-order chi connectivity index (χ0) is 17.4. The maximum atomic E-state index is 14.1. The third-order valence-corrected chi connectivity index (χ3v) is 5.23. The summed E-state index contributed by atoms with van der Waals surface area (Å²) in [5, 5.41) is 9.22. The molecule has 2 fully saturated rings. The van der Waals surface area contributed by atoms with Crippen LogP contribution in [0.2, 0.25) is 0 Å². The van der Waals surface area contributed by atoms with Gasteiger partial charge in [-0.1, -0.05) is 0 Å². The molecule has 0 aliphatic carbocycles. The van der Waals surface area contributed by atoms with E-state index in [4.69, 9.17) is 14.2 Å². The molecule has 1 N–H and O–H groups in total. The quantitative estimate of drug-likeness (QED) is 0.778. The van der Waals surface area contributed by atoms with E-state index in [2.05, 4.69) is 20.9 Å². The summed E-state index contributed by atoms with van der Waals surface area (Å²) in [5.41, 5.74) is 1.30. The topological polar surface area (TPSA) is 65.7 Å². The van der Waals surface area contributed by atoms with Crippen molar-refractivity contribution < 1.29 is 23.7 Å². The van der Waals surface area contributed by atoms with E-state index in [0.717, 1.165) is 19.3 Å². The van der Waals surface area contributed by atoms with Gasteiger partial charge in [0.2, 0.25) is 0 Å². The smallest absolute Gasteiger partial charge is 0.198 e. The standard InChI is InChI=1S/C17H20BrFN2O4/c18-17-12(19)6-14-13(20-17)7-16(21(14)15-3-1-2-4-23-15)25-11-5-10(8-22)24-9-11/h6-7,10-11,15,22H,1-5,8-9H2/t10-,11-,15?/m0/s1. The summed E-state index contributed by atoms with van der Waals surface area (Å²) in [6.45, 7) is 1.08. The second-order valence-corrected chi connectivity index (χ2v) is 7.20. The molecule has 0 amide bonds. The highest BCUT2D eigenvalue weighted by Gasteiger charge is 2.29. The number of fused-ring (bicyclic) bond motifs is 1. The van der Waals surface area contributed by atoms with Gasteiger partial charge in [0.15, 0.2) is 11.7 Å². The molecule has 0 saturated carbocycles. The van der Waals surface area contributed by atoms with E-state index in [9.17, 15) is 9.50 Å². The van der Waals surface area contributed by atoms with Gasteiger partial charge in [0.05, 0.1) is 30.4 Å². The number of nitrogens with zero attached hydrogens (tertiary/aromatic N) is 2. The lowest BCUT2D eigenvalue weighted by atomic mass is 10.2. The minimum Gasteiger partial charge on any atom is -0.473 e. The lowest BCUT2D eigenvalue weighted by Gasteiger charge is -2.27. The normalized spacial score (nSPS) is 27.1.